The molecule has 0 amide bonds. The average molecular weight is 286 g/mol. The maximum absolute atomic E-state index is 12.0. The van der Waals surface area contributed by atoms with Crippen LogP contribution in [0.25, 0.3) is 4.96 Å². The molecule has 2 aromatic heterocycles. The zero-order valence-corrected chi connectivity index (χ0v) is 12.1. The quantitative estimate of drug-likeness (QED) is 0.742. The summed E-state index contributed by atoms with van der Waals surface area (Å²) in [4.78, 5) is 12.5. The first-order valence-electron chi connectivity index (χ1n) is 6.48. The van der Waals surface area contributed by atoms with E-state index in [4.69, 9.17) is 0 Å². The van der Waals surface area contributed by atoms with Crippen molar-refractivity contribution in [2.24, 2.45) is 0 Å². The van der Waals surface area contributed by atoms with Crippen LogP contribution in [0.15, 0.2) is 35.1 Å². The maximum atomic E-state index is 12.0. The fraction of sp³-hybridized carbons (Fsp3) is 0.286. The standard InChI is InChI=1S/C14H14N4OS/c1-3-11(10-7-5-4-6-8-10)12-17-18-13(19)9(2)15-16-14(18)20-12/h4-8,11H,3H2,1-2H3/t11-/m1/s1. The highest BCUT2D eigenvalue weighted by atomic mass is 32.1. The minimum absolute atomic E-state index is 0.183. The Morgan fingerprint density at radius 2 is 2.00 bits per heavy atom. The van der Waals surface area contributed by atoms with E-state index in [0.29, 0.717) is 10.7 Å². The fourth-order valence-corrected chi connectivity index (χ4v) is 3.23. The third kappa shape index (κ3) is 2.12. The minimum atomic E-state index is -0.194. The summed E-state index contributed by atoms with van der Waals surface area (Å²) < 4.78 is 1.36. The Hall–Kier alpha value is -2.08. The Morgan fingerprint density at radius 1 is 1.25 bits per heavy atom. The van der Waals surface area contributed by atoms with Crippen LogP contribution < -0.4 is 5.56 Å². The van der Waals surface area contributed by atoms with E-state index in [0.717, 1.165) is 11.4 Å². The SMILES string of the molecule is CC[C@H](c1ccccc1)c1nn2c(=O)c(C)nnc2s1. The highest BCUT2D eigenvalue weighted by Crippen LogP contribution is 2.30. The van der Waals surface area contributed by atoms with Crippen molar-refractivity contribution < 1.29 is 0 Å². The average Bonchev–Trinajstić information content (AvgIpc) is 2.90. The van der Waals surface area contributed by atoms with Gasteiger partial charge in [0.1, 0.15) is 10.7 Å². The van der Waals surface area contributed by atoms with Crippen molar-refractivity contribution in [3.8, 4) is 0 Å². The molecule has 0 N–H and O–H groups in total. The van der Waals surface area contributed by atoms with Crippen LogP contribution in [-0.2, 0) is 0 Å². The molecule has 0 unspecified atom stereocenters. The molecule has 102 valence electrons. The molecule has 0 aliphatic carbocycles. The van der Waals surface area contributed by atoms with E-state index in [2.05, 4.69) is 34.4 Å². The van der Waals surface area contributed by atoms with E-state index in [-0.39, 0.29) is 11.5 Å². The summed E-state index contributed by atoms with van der Waals surface area (Å²) in [6, 6.07) is 10.2. The van der Waals surface area contributed by atoms with Crippen molar-refractivity contribution in [2.45, 2.75) is 26.2 Å². The van der Waals surface area contributed by atoms with Gasteiger partial charge in [-0.2, -0.15) is 9.61 Å². The lowest BCUT2D eigenvalue weighted by atomic mass is 9.97. The smallest absolute Gasteiger partial charge is 0.265 e. The van der Waals surface area contributed by atoms with Crippen molar-refractivity contribution >= 4 is 16.3 Å². The molecule has 20 heavy (non-hydrogen) atoms. The van der Waals surface area contributed by atoms with Gasteiger partial charge in [-0.15, -0.1) is 10.2 Å². The summed E-state index contributed by atoms with van der Waals surface area (Å²) in [5, 5.41) is 13.2. The number of aryl methyl sites for hydroxylation is 1. The first kappa shape index (κ1) is 12.9. The highest BCUT2D eigenvalue weighted by molar-refractivity contribution is 7.16. The molecule has 6 heteroatoms. The summed E-state index contributed by atoms with van der Waals surface area (Å²) in [7, 11) is 0. The Labute approximate surface area is 119 Å². The molecule has 0 fully saturated rings. The van der Waals surface area contributed by atoms with Crippen LogP contribution in [0, 0.1) is 6.92 Å². The molecule has 0 spiro atoms. The lowest BCUT2D eigenvalue weighted by molar-refractivity contribution is 0.727. The summed E-state index contributed by atoms with van der Waals surface area (Å²) in [5.74, 6) is 0.183. The van der Waals surface area contributed by atoms with Crippen LogP contribution >= 0.6 is 11.3 Å². The van der Waals surface area contributed by atoms with E-state index >= 15 is 0 Å². The Morgan fingerprint density at radius 3 is 2.70 bits per heavy atom. The first-order valence-corrected chi connectivity index (χ1v) is 7.30. The number of nitrogens with zero attached hydrogens (tertiary/aromatic N) is 4. The van der Waals surface area contributed by atoms with Gasteiger partial charge in [-0.1, -0.05) is 48.6 Å². The van der Waals surface area contributed by atoms with Crippen molar-refractivity contribution in [2.75, 3.05) is 0 Å². The molecule has 0 saturated carbocycles. The molecule has 0 aliphatic rings. The van der Waals surface area contributed by atoms with E-state index in [1.165, 1.54) is 21.4 Å². The van der Waals surface area contributed by atoms with Crippen molar-refractivity contribution in [3.05, 3.63) is 57.0 Å². The highest BCUT2D eigenvalue weighted by Gasteiger charge is 2.18. The third-order valence-corrected chi connectivity index (χ3v) is 4.28. The van der Waals surface area contributed by atoms with E-state index in [1.54, 1.807) is 6.92 Å². The van der Waals surface area contributed by atoms with Gasteiger partial charge in [-0.25, -0.2) is 0 Å². The molecular formula is C14H14N4OS. The third-order valence-electron chi connectivity index (χ3n) is 3.27. The van der Waals surface area contributed by atoms with Gasteiger partial charge in [0.05, 0.1) is 0 Å². The predicted molar refractivity (Wildman–Crippen MR) is 78.2 cm³/mol. The zero-order chi connectivity index (χ0) is 14.1. The van der Waals surface area contributed by atoms with Crippen molar-refractivity contribution in [3.63, 3.8) is 0 Å². The van der Waals surface area contributed by atoms with Crippen molar-refractivity contribution in [1.29, 1.82) is 0 Å². The molecule has 3 rings (SSSR count). The molecule has 0 aliphatic heterocycles. The number of aromatic nitrogens is 4. The van der Waals surface area contributed by atoms with E-state index in [1.807, 2.05) is 18.2 Å². The van der Waals surface area contributed by atoms with Gasteiger partial charge in [0.15, 0.2) is 0 Å². The molecule has 0 saturated heterocycles. The van der Waals surface area contributed by atoms with Gasteiger partial charge in [0.25, 0.3) is 5.56 Å². The Kier molecular flexibility index (Phi) is 3.31. The summed E-state index contributed by atoms with van der Waals surface area (Å²) >= 11 is 1.43. The van der Waals surface area contributed by atoms with Gasteiger partial charge in [0.2, 0.25) is 4.96 Å². The van der Waals surface area contributed by atoms with Crippen LogP contribution in [0.4, 0.5) is 0 Å². The lowest BCUT2D eigenvalue weighted by Crippen LogP contribution is -2.19. The number of hydrogen-bond acceptors (Lipinski definition) is 5. The Balaban J connectivity index is 2.14. The monoisotopic (exact) mass is 286 g/mol. The summed E-state index contributed by atoms with van der Waals surface area (Å²) in [6.07, 6.45) is 0.922. The second kappa shape index (κ2) is 5.13. The fourth-order valence-electron chi connectivity index (χ4n) is 2.19. The number of benzene rings is 1. The molecular weight excluding hydrogens is 272 g/mol. The molecule has 0 radical (unpaired) electrons. The zero-order valence-electron chi connectivity index (χ0n) is 11.3. The van der Waals surface area contributed by atoms with Gasteiger partial charge in [0, 0.05) is 5.92 Å². The Bertz CT molecular complexity index is 794. The molecule has 1 aromatic carbocycles. The second-order valence-corrected chi connectivity index (χ2v) is 5.58. The maximum Gasteiger partial charge on any atom is 0.296 e. The van der Waals surface area contributed by atoms with Crippen LogP contribution in [0.2, 0.25) is 0 Å². The first-order chi connectivity index (χ1) is 9.70. The largest absolute Gasteiger partial charge is 0.296 e. The predicted octanol–water partition coefficient (Wildman–Crippen LogP) is 2.40. The van der Waals surface area contributed by atoms with Crippen molar-refractivity contribution in [1.82, 2.24) is 19.8 Å². The number of hydrogen-bond donors (Lipinski definition) is 0. The lowest BCUT2D eigenvalue weighted by Gasteiger charge is -2.10. The molecule has 1 atom stereocenters. The molecule has 3 aromatic rings. The van der Waals surface area contributed by atoms with Gasteiger partial charge in [-0.05, 0) is 18.9 Å². The molecule has 0 bridgehead atoms. The van der Waals surface area contributed by atoms with Crippen LogP contribution in [0.3, 0.4) is 0 Å². The van der Waals surface area contributed by atoms with Crippen LogP contribution in [-0.4, -0.2) is 19.8 Å². The van der Waals surface area contributed by atoms with Gasteiger partial charge in [-0.3, -0.25) is 4.79 Å². The van der Waals surface area contributed by atoms with Crippen LogP contribution in [0.1, 0.15) is 35.5 Å². The minimum Gasteiger partial charge on any atom is -0.265 e. The van der Waals surface area contributed by atoms with E-state index in [9.17, 15) is 4.79 Å². The topological polar surface area (TPSA) is 60.2 Å². The number of rotatable bonds is 3. The van der Waals surface area contributed by atoms with E-state index < -0.39 is 0 Å². The molecule has 5 nitrogen and oxygen atoms in total. The van der Waals surface area contributed by atoms with Gasteiger partial charge < -0.3 is 0 Å². The number of fused-ring (bicyclic) bond motifs is 1. The normalized spacial score (nSPS) is 12.7. The second-order valence-electron chi connectivity index (χ2n) is 4.60. The summed E-state index contributed by atoms with van der Waals surface area (Å²) in [6.45, 7) is 3.76. The summed E-state index contributed by atoms with van der Waals surface area (Å²) in [5.41, 5.74) is 1.37. The van der Waals surface area contributed by atoms with Gasteiger partial charge >= 0.3 is 0 Å². The van der Waals surface area contributed by atoms with Crippen LogP contribution in [0.5, 0.6) is 0 Å². The molecule has 2 heterocycles.